The Kier molecular flexibility index (Phi) is 6.58. The molecule has 2 saturated carbocycles. The van der Waals surface area contributed by atoms with Crippen LogP contribution in [0.4, 0.5) is 5.69 Å². The molecule has 0 unspecified atom stereocenters. The third-order valence-electron chi connectivity index (χ3n) is 6.81. The van der Waals surface area contributed by atoms with Crippen molar-refractivity contribution in [1.29, 1.82) is 0 Å². The topological polar surface area (TPSA) is 97.1 Å². The van der Waals surface area contributed by atoms with Crippen LogP contribution < -0.4 is 16.4 Å². The molecule has 1 aromatic heterocycles. The molecule has 0 spiro atoms. The quantitative estimate of drug-likeness (QED) is 0.612. The molecule has 0 aliphatic heterocycles. The second kappa shape index (κ2) is 9.37. The second-order valence-electron chi connectivity index (χ2n) is 8.87. The van der Waals surface area contributed by atoms with Crippen molar-refractivity contribution in [3.63, 3.8) is 0 Å². The summed E-state index contributed by atoms with van der Waals surface area (Å²) < 4.78 is 0. The van der Waals surface area contributed by atoms with Gasteiger partial charge in [0.05, 0.1) is 6.04 Å². The number of benzene rings is 1. The monoisotopic (exact) mass is 440 g/mol. The summed E-state index contributed by atoms with van der Waals surface area (Å²) in [6, 6.07) is 10.9. The predicted octanol–water partition coefficient (Wildman–Crippen LogP) is 3.66. The summed E-state index contributed by atoms with van der Waals surface area (Å²) in [5.74, 6) is 0.00112. The van der Waals surface area contributed by atoms with Gasteiger partial charge in [0.2, 0.25) is 11.8 Å². The maximum absolute atomic E-state index is 12.7. The minimum atomic E-state index is -0.537. The fourth-order valence-corrected chi connectivity index (χ4v) is 4.66. The Bertz CT molecular complexity index is 907. The van der Waals surface area contributed by atoms with Gasteiger partial charge in [-0.1, -0.05) is 23.7 Å². The Morgan fingerprint density at radius 1 is 1.06 bits per heavy atom. The van der Waals surface area contributed by atoms with Crippen molar-refractivity contribution in [2.45, 2.75) is 50.0 Å². The number of pyridine rings is 1. The highest BCUT2D eigenvalue weighted by molar-refractivity contribution is 6.30. The van der Waals surface area contributed by atoms with E-state index in [9.17, 15) is 9.59 Å². The SMILES string of the molecule is N[C@H](C(=O)NCC1(c2ccc(Cl)cc2)CC1)C1CCC(C(=O)Nc2ccncc2)CC1. The highest BCUT2D eigenvalue weighted by Gasteiger charge is 2.44. The number of anilines is 1. The third kappa shape index (κ3) is 5.25. The number of hydrogen-bond acceptors (Lipinski definition) is 4. The van der Waals surface area contributed by atoms with Crippen LogP contribution in [0, 0.1) is 11.8 Å². The predicted molar refractivity (Wildman–Crippen MR) is 122 cm³/mol. The van der Waals surface area contributed by atoms with E-state index in [1.54, 1.807) is 24.5 Å². The number of nitrogens with zero attached hydrogens (tertiary/aromatic N) is 1. The molecule has 2 fully saturated rings. The zero-order chi connectivity index (χ0) is 21.8. The van der Waals surface area contributed by atoms with Gasteiger partial charge in [-0.2, -0.15) is 0 Å². The highest BCUT2D eigenvalue weighted by atomic mass is 35.5. The molecular formula is C24H29ClN4O2. The molecule has 0 radical (unpaired) electrons. The first-order valence-corrected chi connectivity index (χ1v) is 11.3. The van der Waals surface area contributed by atoms with Crippen LogP contribution in [0.1, 0.15) is 44.1 Å². The zero-order valence-electron chi connectivity index (χ0n) is 17.5. The van der Waals surface area contributed by atoms with Gasteiger partial charge in [0, 0.05) is 41.0 Å². The van der Waals surface area contributed by atoms with Gasteiger partial charge in [0.1, 0.15) is 0 Å². The van der Waals surface area contributed by atoms with Crippen molar-refractivity contribution in [1.82, 2.24) is 10.3 Å². The van der Waals surface area contributed by atoms with Crippen LogP contribution in [-0.2, 0) is 15.0 Å². The van der Waals surface area contributed by atoms with Crippen LogP contribution in [0.15, 0.2) is 48.8 Å². The molecule has 4 N–H and O–H groups in total. The van der Waals surface area contributed by atoms with Gasteiger partial charge < -0.3 is 16.4 Å². The summed E-state index contributed by atoms with van der Waals surface area (Å²) in [7, 11) is 0. The van der Waals surface area contributed by atoms with E-state index < -0.39 is 6.04 Å². The van der Waals surface area contributed by atoms with Crippen molar-refractivity contribution < 1.29 is 9.59 Å². The number of carbonyl (C=O) groups excluding carboxylic acids is 2. The molecule has 2 amide bonds. The zero-order valence-corrected chi connectivity index (χ0v) is 18.3. The Labute approximate surface area is 188 Å². The van der Waals surface area contributed by atoms with E-state index in [1.807, 2.05) is 24.3 Å². The van der Waals surface area contributed by atoms with Gasteiger partial charge in [-0.05, 0) is 74.3 Å². The normalized spacial score (nSPS) is 22.9. The number of hydrogen-bond donors (Lipinski definition) is 3. The molecule has 7 heteroatoms. The first-order chi connectivity index (χ1) is 15.0. The Hall–Kier alpha value is -2.44. The minimum absolute atomic E-state index is 0.0165. The van der Waals surface area contributed by atoms with E-state index in [1.165, 1.54) is 5.56 Å². The van der Waals surface area contributed by atoms with Crippen molar-refractivity contribution in [2.24, 2.45) is 17.6 Å². The van der Waals surface area contributed by atoms with E-state index in [0.29, 0.717) is 6.54 Å². The fraction of sp³-hybridized carbons (Fsp3) is 0.458. The average Bonchev–Trinajstić information content (AvgIpc) is 3.59. The lowest BCUT2D eigenvalue weighted by Gasteiger charge is -2.31. The standard InChI is InChI=1S/C24H29ClN4O2/c25-19-7-5-18(6-8-19)24(11-12-24)15-28-23(31)21(26)16-1-3-17(4-2-16)22(30)29-20-9-13-27-14-10-20/h5-10,13-14,16-17,21H,1-4,11-12,15,26H2,(H,28,31)(H,27,29,30)/t16?,17?,21-/m0/s1. The van der Waals surface area contributed by atoms with Crippen LogP contribution >= 0.6 is 11.6 Å². The van der Waals surface area contributed by atoms with Gasteiger partial charge in [-0.15, -0.1) is 0 Å². The molecule has 31 heavy (non-hydrogen) atoms. The molecule has 0 saturated heterocycles. The fourth-order valence-electron chi connectivity index (χ4n) is 4.53. The van der Waals surface area contributed by atoms with E-state index in [2.05, 4.69) is 15.6 Å². The third-order valence-corrected chi connectivity index (χ3v) is 7.06. The van der Waals surface area contributed by atoms with Gasteiger partial charge in [0.15, 0.2) is 0 Å². The van der Waals surface area contributed by atoms with Gasteiger partial charge >= 0.3 is 0 Å². The number of halogens is 1. The lowest BCUT2D eigenvalue weighted by Crippen LogP contribution is -2.48. The molecule has 0 bridgehead atoms. The smallest absolute Gasteiger partial charge is 0.237 e. The van der Waals surface area contributed by atoms with Gasteiger partial charge in [-0.25, -0.2) is 0 Å². The number of nitrogens with one attached hydrogen (secondary N) is 2. The van der Waals surface area contributed by atoms with E-state index in [4.69, 9.17) is 17.3 Å². The Morgan fingerprint density at radius 2 is 1.71 bits per heavy atom. The van der Waals surface area contributed by atoms with Crippen LogP contribution in [0.2, 0.25) is 5.02 Å². The molecular weight excluding hydrogens is 412 g/mol. The number of aromatic nitrogens is 1. The summed E-state index contributed by atoms with van der Waals surface area (Å²) in [4.78, 5) is 29.2. The second-order valence-corrected chi connectivity index (χ2v) is 9.30. The lowest BCUT2D eigenvalue weighted by molar-refractivity contribution is -0.124. The van der Waals surface area contributed by atoms with Crippen molar-refractivity contribution in [2.75, 3.05) is 11.9 Å². The molecule has 164 valence electrons. The first kappa shape index (κ1) is 21.8. The molecule has 2 aliphatic rings. The van der Waals surface area contributed by atoms with Crippen LogP contribution in [0.3, 0.4) is 0 Å². The summed E-state index contributed by atoms with van der Waals surface area (Å²) in [5, 5.41) is 6.74. The van der Waals surface area contributed by atoms with Crippen molar-refractivity contribution in [3.8, 4) is 0 Å². The molecule has 2 aliphatic carbocycles. The number of amides is 2. The van der Waals surface area contributed by atoms with Crippen LogP contribution in [0.25, 0.3) is 0 Å². The summed E-state index contributed by atoms with van der Waals surface area (Å²) >= 11 is 5.99. The maximum atomic E-state index is 12.7. The van der Waals surface area contributed by atoms with Crippen molar-refractivity contribution in [3.05, 3.63) is 59.4 Å². The van der Waals surface area contributed by atoms with E-state index in [0.717, 1.165) is 49.2 Å². The summed E-state index contributed by atoms with van der Waals surface area (Å²) in [6.45, 7) is 0.602. The number of nitrogens with two attached hydrogens (primary N) is 1. The molecule has 1 heterocycles. The molecule has 6 nitrogen and oxygen atoms in total. The van der Waals surface area contributed by atoms with Crippen LogP contribution in [0.5, 0.6) is 0 Å². The minimum Gasteiger partial charge on any atom is -0.354 e. The van der Waals surface area contributed by atoms with Crippen molar-refractivity contribution >= 4 is 29.1 Å². The first-order valence-electron chi connectivity index (χ1n) is 11.0. The largest absolute Gasteiger partial charge is 0.354 e. The van der Waals surface area contributed by atoms with Gasteiger partial charge in [-0.3, -0.25) is 14.6 Å². The lowest BCUT2D eigenvalue weighted by atomic mass is 9.78. The number of carbonyl (C=O) groups is 2. The molecule has 1 atom stereocenters. The highest BCUT2D eigenvalue weighted by Crippen LogP contribution is 2.47. The molecule has 2 aromatic rings. The Balaban J connectivity index is 1.24. The average molecular weight is 441 g/mol. The van der Waals surface area contributed by atoms with E-state index >= 15 is 0 Å². The summed E-state index contributed by atoms with van der Waals surface area (Å²) in [5.41, 5.74) is 8.30. The number of rotatable bonds is 7. The Morgan fingerprint density at radius 3 is 2.32 bits per heavy atom. The van der Waals surface area contributed by atoms with Crippen LogP contribution in [-0.4, -0.2) is 29.4 Å². The van der Waals surface area contributed by atoms with Gasteiger partial charge in [0.25, 0.3) is 0 Å². The summed E-state index contributed by atoms with van der Waals surface area (Å²) in [6.07, 6.45) is 8.49. The maximum Gasteiger partial charge on any atom is 0.237 e. The molecule has 4 rings (SSSR count). The molecule has 1 aromatic carbocycles. The van der Waals surface area contributed by atoms with E-state index in [-0.39, 0.29) is 29.1 Å².